The van der Waals surface area contributed by atoms with Crippen molar-refractivity contribution in [1.82, 2.24) is 19.9 Å². The second-order valence-corrected chi connectivity index (χ2v) is 6.61. The molecule has 4 aromatic rings. The van der Waals surface area contributed by atoms with Crippen molar-refractivity contribution in [2.75, 3.05) is 0 Å². The number of carbonyl (C=O) groups is 1. The maximum Gasteiger partial charge on any atom is 0.253 e. The fourth-order valence-electron chi connectivity index (χ4n) is 3.30. The lowest BCUT2D eigenvalue weighted by Crippen LogP contribution is -2.23. The van der Waals surface area contributed by atoms with Crippen LogP contribution in [-0.4, -0.2) is 20.4 Å². The molecule has 0 aliphatic rings. The molecule has 0 spiro atoms. The van der Waals surface area contributed by atoms with E-state index in [1.807, 2.05) is 48.0 Å². The van der Waals surface area contributed by atoms with Crippen molar-refractivity contribution < 1.29 is 4.79 Å². The second kappa shape index (κ2) is 7.03. The Bertz CT molecular complexity index is 1120. The molecular formula is C22H20N4O. The Morgan fingerprint density at radius 1 is 1.15 bits per heavy atom. The van der Waals surface area contributed by atoms with Gasteiger partial charge in [0.1, 0.15) is 0 Å². The zero-order valence-electron chi connectivity index (χ0n) is 15.3. The van der Waals surface area contributed by atoms with Crippen molar-refractivity contribution in [2.24, 2.45) is 7.05 Å². The van der Waals surface area contributed by atoms with Gasteiger partial charge < -0.3 is 9.88 Å². The quantitative estimate of drug-likeness (QED) is 0.604. The highest BCUT2D eigenvalue weighted by atomic mass is 16.1. The van der Waals surface area contributed by atoms with Crippen molar-refractivity contribution in [3.63, 3.8) is 0 Å². The van der Waals surface area contributed by atoms with Crippen molar-refractivity contribution in [3.8, 4) is 11.1 Å². The summed E-state index contributed by atoms with van der Waals surface area (Å²) in [6.07, 6.45) is 5.21. The molecule has 0 unspecified atom stereocenters. The molecule has 0 bridgehead atoms. The summed E-state index contributed by atoms with van der Waals surface area (Å²) in [5.41, 5.74) is 6.48. The number of nitrogens with zero attached hydrogens (tertiary/aromatic N) is 3. The molecular weight excluding hydrogens is 336 g/mol. The van der Waals surface area contributed by atoms with Gasteiger partial charge in [0.25, 0.3) is 5.91 Å². The van der Waals surface area contributed by atoms with E-state index in [1.54, 1.807) is 18.7 Å². The number of carbonyl (C=O) groups excluding carboxylic acids is 1. The summed E-state index contributed by atoms with van der Waals surface area (Å²) in [6, 6.07) is 15.9. The zero-order chi connectivity index (χ0) is 18.8. The summed E-state index contributed by atoms with van der Waals surface area (Å²) in [7, 11) is 1.90. The van der Waals surface area contributed by atoms with Crippen molar-refractivity contribution in [3.05, 3.63) is 83.9 Å². The average molecular weight is 356 g/mol. The molecule has 0 atom stereocenters. The van der Waals surface area contributed by atoms with Gasteiger partial charge in [-0.1, -0.05) is 30.3 Å². The molecule has 5 nitrogen and oxygen atoms in total. The van der Waals surface area contributed by atoms with Gasteiger partial charge in [0.15, 0.2) is 0 Å². The fraction of sp³-hybridized carbons (Fsp3) is 0.136. The average Bonchev–Trinajstić information content (AvgIpc) is 3.07. The molecule has 1 amide bonds. The van der Waals surface area contributed by atoms with Gasteiger partial charge in [-0.2, -0.15) is 0 Å². The van der Waals surface area contributed by atoms with Crippen molar-refractivity contribution in [2.45, 2.75) is 13.5 Å². The van der Waals surface area contributed by atoms with Gasteiger partial charge in [0, 0.05) is 26.0 Å². The molecule has 0 saturated carbocycles. The molecule has 2 aromatic carbocycles. The van der Waals surface area contributed by atoms with Gasteiger partial charge in [-0.25, -0.2) is 4.98 Å². The maximum atomic E-state index is 13.0. The van der Waals surface area contributed by atoms with Crippen LogP contribution in [0.3, 0.4) is 0 Å². The Labute approximate surface area is 157 Å². The third-order valence-corrected chi connectivity index (χ3v) is 4.69. The van der Waals surface area contributed by atoms with E-state index in [2.05, 4.69) is 34.3 Å². The third-order valence-electron chi connectivity index (χ3n) is 4.69. The number of hydrogen-bond acceptors (Lipinski definition) is 3. The largest absolute Gasteiger partial charge is 0.348 e. The minimum atomic E-state index is -0.122. The zero-order valence-corrected chi connectivity index (χ0v) is 15.3. The van der Waals surface area contributed by atoms with Crippen LogP contribution in [-0.2, 0) is 13.6 Å². The van der Waals surface area contributed by atoms with Crippen LogP contribution >= 0.6 is 0 Å². The van der Waals surface area contributed by atoms with E-state index in [1.165, 1.54) is 0 Å². The molecule has 2 heterocycles. The number of imidazole rings is 1. The predicted octanol–water partition coefficient (Wildman–Crippen LogP) is 3.87. The molecule has 0 aliphatic carbocycles. The first-order valence-corrected chi connectivity index (χ1v) is 8.81. The van der Waals surface area contributed by atoms with Crippen LogP contribution < -0.4 is 5.32 Å². The first-order valence-electron chi connectivity index (χ1n) is 8.81. The van der Waals surface area contributed by atoms with Gasteiger partial charge in [0.2, 0.25) is 0 Å². The first kappa shape index (κ1) is 17.0. The van der Waals surface area contributed by atoms with Crippen molar-refractivity contribution in [1.29, 1.82) is 0 Å². The monoisotopic (exact) mass is 356 g/mol. The Balaban J connectivity index is 1.75. The van der Waals surface area contributed by atoms with Crippen LogP contribution in [0.2, 0.25) is 0 Å². The number of fused-ring (bicyclic) bond motifs is 1. The number of hydrogen-bond donors (Lipinski definition) is 1. The summed E-state index contributed by atoms with van der Waals surface area (Å²) in [5, 5.41) is 3.00. The Hall–Kier alpha value is -3.47. The van der Waals surface area contributed by atoms with E-state index in [-0.39, 0.29) is 5.91 Å². The highest BCUT2D eigenvalue weighted by Crippen LogP contribution is 2.29. The van der Waals surface area contributed by atoms with Gasteiger partial charge in [-0.15, -0.1) is 0 Å². The van der Waals surface area contributed by atoms with Crippen LogP contribution in [0.15, 0.2) is 67.3 Å². The molecule has 0 fully saturated rings. The summed E-state index contributed by atoms with van der Waals surface area (Å²) >= 11 is 0. The standard InChI is InChI=1S/C22H20N4O/c1-15-6-3-4-8-18(15)17-10-19(21-20(11-17)25-14-26(21)2)22(27)24-13-16-7-5-9-23-12-16/h3-12,14H,13H2,1-2H3,(H,24,27). The number of nitrogens with one attached hydrogen (secondary N) is 1. The van der Waals surface area contributed by atoms with Gasteiger partial charge >= 0.3 is 0 Å². The first-order chi connectivity index (χ1) is 13.1. The lowest BCUT2D eigenvalue weighted by molar-refractivity contribution is 0.0952. The van der Waals surface area contributed by atoms with Gasteiger partial charge in [0.05, 0.1) is 22.9 Å². The van der Waals surface area contributed by atoms with E-state index in [4.69, 9.17) is 0 Å². The van der Waals surface area contributed by atoms with E-state index < -0.39 is 0 Å². The molecule has 0 aliphatic heterocycles. The predicted molar refractivity (Wildman–Crippen MR) is 106 cm³/mol. The topological polar surface area (TPSA) is 59.8 Å². The third kappa shape index (κ3) is 3.31. The minimum Gasteiger partial charge on any atom is -0.348 e. The number of aromatic nitrogens is 3. The molecule has 0 saturated heterocycles. The van der Waals surface area contributed by atoms with Crippen LogP contribution in [0.1, 0.15) is 21.5 Å². The van der Waals surface area contributed by atoms with Gasteiger partial charge in [-0.05, 0) is 47.4 Å². The Morgan fingerprint density at radius 2 is 2.00 bits per heavy atom. The number of aryl methyl sites for hydroxylation is 2. The number of amides is 1. The van der Waals surface area contributed by atoms with Crippen LogP contribution in [0, 0.1) is 6.92 Å². The fourth-order valence-corrected chi connectivity index (χ4v) is 3.30. The molecule has 27 heavy (non-hydrogen) atoms. The van der Waals surface area contributed by atoms with E-state index in [0.717, 1.165) is 33.3 Å². The summed E-state index contributed by atoms with van der Waals surface area (Å²) in [6.45, 7) is 2.50. The lowest BCUT2D eigenvalue weighted by Gasteiger charge is -2.11. The van der Waals surface area contributed by atoms with Crippen LogP contribution in [0.25, 0.3) is 22.2 Å². The molecule has 134 valence electrons. The highest BCUT2D eigenvalue weighted by molar-refractivity contribution is 6.06. The smallest absolute Gasteiger partial charge is 0.253 e. The highest BCUT2D eigenvalue weighted by Gasteiger charge is 2.16. The molecule has 4 rings (SSSR count). The van der Waals surface area contributed by atoms with Crippen LogP contribution in [0.4, 0.5) is 0 Å². The molecule has 5 heteroatoms. The second-order valence-electron chi connectivity index (χ2n) is 6.61. The summed E-state index contributed by atoms with van der Waals surface area (Å²) in [5.74, 6) is -0.122. The van der Waals surface area contributed by atoms with E-state index in [0.29, 0.717) is 12.1 Å². The lowest BCUT2D eigenvalue weighted by atomic mass is 9.97. The van der Waals surface area contributed by atoms with E-state index >= 15 is 0 Å². The molecule has 2 aromatic heterocycles. The maximum absolute atomic E-state index is 13.0. The number of pyridine rings is 1. The Kier molecular flexibility index (Phi) is 4.42. The number of benzene rings is 2. The summed E-state index contributed by atoms with van der Waals surface area (Å²) in [4.78, 5) is 21.5. The summed E-state index contributed by atoms with van der Waals surface area (Å²) < 4.78 is 1.88. The normalized spacial score (nSPS) is 10.9. The van der Waals surface area contributed by atoms with E-state index in [9.17, 15) is 4.79 Å². The molecule has 1 N–H and O–H groups in total. The molecule has 0 radical (unpaired) electrons. The SMILES string of the molecule is Cc1ccccc1-c1cc(C(=O)NCc2cccnc2)c2c(c1)ncn2C. The van der Waals surface area contributed by atoms with Crippen molar-refractivity contribution >= 4 is 16.9 Å². The number of rotatable bonds is 4. The Morgan fingerprint density at radius 3 is 2.78 bits per heavy atom. The van der Waals surface area contributed by atoms with Gasteiger partial charge in [-0.3, -0.25) is 9.78 Å². The van der Waals surface area contributed by atoms with Crippen LogP contribution in [0.5, 0.6) is 0 Å². The minimum absolute atomic E-state index is 0.122.